The van der Waals surface area contributed by atoms with Gasteiger partial charge in [0.25, 0.3) is 0 Å². The maximum atomic E-state index is 9.18. The fourth-order valence-electron chi connectivity index (χ4n) is 3.14. The lowest BCUT2D eigenvalue weighted by Crippen LogP contribution is -2.45. The average molecular weight is 256 g/mol. The van der Waals surface area contributed by atoms with Crippen LogP contribution >= 0.6 is 0 Å². The van der Waals surface area contributed by atoms with Crippen LogP contribution in [0.15, 0.2) is 0 Å². The summed E-state index contributed by atoms with van der Waals surface area (Å²) in [5.74, 6) is 0. The molecule has 0 aliphatic heterocycles. The van der Waals surface area contributed by atoms with E-state index in [4.69, 9.17) is 0 Å². The van der Waals surface area contributed by atoms with Crippen LogP contribution in [0.2, 0.25) is 0 Å². The summed E-state index contributed by atoms with van der Waals surface area (Å²) < 4.78 is 0. The number of hydrogen-bond acceptors (Lipinski definition) is 3. The first-order valence-corrected chi connectivity index (χ1v) is 7.68. The molecule has 0 aromatic carbocycles. The molecule has 1 aliphatic carbocycles. The molecule has 0 bridgehead atoms. The van der Waals surface area contributed by atoms with E-state index in [0.717, 1.165) is 26.2 Å². The Labute approximate surface area is 113 Å². The Morgan fingerprint density at radius 3 is 2.39 bits per heavy atom. The van der Waals surface area contributed by atoms with E-state index < -0.39 is 0 Å². The lowest BCUT2D eigenvalue weighted by molar-refractivity contribution is 0.123. The molecule has 0 amide bonds. The first-order chi connectivity index (χ1) is 8.62. The van der Waals surface area contributed by atoms with Gasteiger partial charge in [0.15, 0.2) is 0 Å². The Balaban J connectivity index is 2.53. The van der Waals surface area contributed by atoms with Crippen LogP contribution < -0.4 is 5.32 Å². The van der Waals surface area contributed by atoms with Crippen molar-refractivity contribution in [2.45, 2.75) is 58.9 Å². The van der Waals surface area contributed by atoms with Crippen molar-refractivity contribution in [1.82, 2.24) is 10.2 Å². The Kier molecular flexibility index (Phi) is 7.20. The van der Waals surface area contributed by atoms with Crippen molar-refractivity contribution in [1.29, 1.82) is 0 Å². The summed E-state index contributed by atoms with van der Waals surface area (Å²) in [6, 6.07) is 0.569. The molecule has 0 aromatic rings. The summed E-state index contributed by atoms with van der Waals surface area (Å²) in [6.07, 6.45) is 6.61. The molecule has 0 saturated heterocycles. The first-order valence-electron chi connectivity index (χ1n) is 7.68. The third-order valence-corrected chi connectivity index (χ3v) is 4.06. The van der Waals surface area contributed by atoms with E-state index >= 15 is 0 Å². The van der Waals surface area contributed by atoms with Crippen molar-refractivity contribution in [2.75, 3.05) is 32.8 Å². The highest BCUT2D eigenvalue weighted by Gasteiger charge is 2.35. The Morgan fingerprint density at radius 2 is 1.89 bits per heavy atom. The van der Waals surface area contributed by atoms with Gasteiger partial charge in [-0.15, -0.1) is 0 Å². The molecule has 0 heterocycles. The van der Waals surface area contributed by atoms with E-state index in [9.17, 15) is 5.11 Å². The number of aliphatic hydroxyl groups is 1. The van der Waals surface area contributed by atoms with Gasteiger partial charge in [0.05, 0.1) is 6.61 Å². The van der Waals surface area contributed by atoms with Gasteiger partial charge in [-0.25, -0.2) is 0 Å². The lowest BCUT2D eigenvalue weighted by atomic mass is 9.85. The molecule has 1 rings (SSSR count). The highest BCUT2D eigenvalue weighted by Crippen LogP contribution is 2.38. The lowest BCUT2D eigenvalue weighted by Gasteiger charge is -2.36. The summed E-state index contributed by atoms with van der Waals surface area (Å²) in [4.78, 5) is 2.45. The molecule has 3 nitrogen and oxygen atoms in total. The average Bonchev–Trinajstić information content (AvgIpc) is 2.76. The molecule has 0 radical (unpaired) electrons. The van der Waals surface area contributed by atoms with Crippen molar-refractivity contribution in [2.24, 2.45) is 5.41 Å². The monoisotopic (exact) mass is 256 g/mol. The minimum atomic E-state index is 0.285. The van der Waals surface area contributed by atoms with Crippen molar-refractivity contribution >= 4 is 0 Å². The maximum absolute atomic E-state index is 9.18. The minimum Gasteiger partial charge on any atom is -0.395 e. The molecule has 1 aliphatic rings. The van der Waals surface area contributed by atoms with E-state index in [2.05, 4.69) is 31.0 Å². The topological polar surface area (TPSA) is 35.5 Å². The number of nitrogens with one attached hydrogen (secondary N) is 1. The van der Waals surface area contributed by atoms with Gasteiger partial charge in [0.2, 0.25) is 0 Å². The zero-order valence-corrected chi connectivity index (χ0v) is 12.5. The smallest absolute Gasteiger partial charge is 0.0558 e. The van der Waals surface area contributed by atoms with Gasteiger partial charge in [-0.2, -0.15) is 0 Å². The highest BCUT2D eigenvalue weighted by atomic mass is 16.3. The summed E-state index contributed by atoms with van der Waals surface area (Å²) >= 11 is 0. The van der Waals surface area contributed by atoms with Crippen molar-refractivity contribution < 1.29 is 5.11 Å². The number of hydrogen-bond donors (Lipinski definition) is 2. The second kappa shape index (κ2) is 8.13. The van der Waals surface area contributed by atoms with Gasteiger partial charge >= 0.3 is 0 Å². The fourth-order valence-corrected chi connectivity index (χ4v) is 3.14. The van der Waals surface area contributed by atoms with Crippen LogP contribution in [-0.4, -0.2) is 48.8 Å². The number of aliphatic hydroxyl groups excluding tert-OH is 1. The minimum absolute atomic E-state index is 0.285. The van der Waals surface area contributed by atoms with Crippen LogP contribution in [0, 0.1) is 5.41 Å². The molecule has 2 N–H and O–H groups in total. The first kappa shape index (κ1) is 15.9. The second-order valence-corrected chi connectivity index (χ2v) is 6.24. The van der Waals surface area contributed by atoms with Crippen LogP contribution in [0.3, 0.4) is 0 Å². The van der Waals surface area contributed by atoms with Gasteiger partial charge < -0.3 is 15.3 Å². The van der Waals surface area contributed by atoms with Crippen LogP contribution in [-0.2, 0) is 0 Å². The molecular formula is C15H32N2O. The normalized spacial score (nSPS) is 19.0. The summed E-state index contributed by atoms with van der Waals surface area (Å²) in [6.45, 7) is 11.2. The van der Waals surface area contributed by atoms with Crippen molar-refractivity contribution in [3.63, 3.8) is 0 Å². The predicted octanol–water partition coefficient (Wildman–Crippen LogP) is 2.25. The number of nitrogens with zero attached hydrogens (tertiary/aromatic N) is 1. The van der Waals surface area contributed by atoms with Gasteiger partial charge in [0.1, 0.15) is 0 Å². The Hall–Kier alpha value is -0.120. The molecule has 108 valence electrons. The van der Waals surface area contributed by atoms with E-state index in [1.54, 1.807) is 0 Å². The standard InChI is InChI=1S/C15H32N2O/c1-4-9-17(10-11-18)13-15(7-5-6-8-15)12-16-14(2)3/h14,16,18H,4-13H2,1-3H3. The van der Waals surface area contributed by atoms with E-state index in [1.807, 2.05) is 0 Å². The van der Waals surface area contributed by atoms with Gasteiger partial charge in [0, 0.05) is 25.7 Å². The van der Waals surface area contributed by atoms with Crippen molar-refractivity contribution in [3.05, 3.63) is 0 Å². The zero-order chi connectivity index (χ0) is 13.4. The fraction of sp³-hybridized carbons (Fsp3) is 1.00. The third-order valence-electron chi connectivity index (χ3n) is 4.06. The summed E-state index contributed by atoms with van der Waals surface area (Å²) in [5, 5.41) is 12.8. The van der Waals surface area contributed by atoms with Crippen LogP contribution in [0.5, 0.6) is 0 Å². The van der Waals surface area contributed by atoms with E-state index in [-0.39, 0.29) is 6.61 Å². The maximum Gasteiger partial charge on any atom is 0.0558 e. The molecular weight excluding hydrogens is 224 g/mol. The predicted molar refractivity (Wildman–Crippen MR) is 77.9 cm³/mol. The molecule has 0 unspecified atom stereocenters. The Morgan fingerprint density at radius 1 is 1.22 bits per heavy atom. The summed E-state index contributed by atoms with van der Waals surface area (Å²) in [5.41, 5.74) is 0.453. The largest absolute Gasteiger partial charge is 0.395 e. The van der Waals surface area contributed by atoms with Gasteiger partial charge in [-0.3, -0.25) is 0 Å². The molecule has 0 aromatic heterocycles. The highest BCUT2D eigenvalue weighted by molar-refractivity contribution is 4.89. The molecule has 3 heteroatoms. The van der Waals surface area contributed by atoms with Crippen LogP contribution in [0.4, 0.5) is 0 Å². The summed E-state index contributed by atoms with van der Waals surface area (Å²) in [7, 11) is 0. The van der Waals surface area contributed by atoms with Crippen LogP contribution in [0.1, 0.15) is 52.9 Å². The molecule has 1 saturated carbocycles. The third kappa shape index (κ3) is 5.25. The SMILES string of the molecule is CCCN(CCO)CC1(CNC(C)C)CCCC1. The van der Waals surface area contributed by atoms with Crippen molar-refractivity contribution in [3.8, 4) is 0 Å². The Bertz CT molecular complexity index is 207. The van der Waals surface area contributed by atoms with Gasteiger partial charge in [-0.05, 0) is 31.2 Å². The number of rotatable bonds is 9. The molecule has 0 atom stereocenters. The van der Waals surface area contributed by atoms with Gasteiger partial charge in [-0.1, -0.05) is 33.6 Å². The molecule has 1 fully saturated rings. The van der Waals surface area contributed by atoms with Crippen LogP contribution in [0.25, 0.3) is 0 Å². The molecule has 0 spiro atoms. The second-order valence-electron chi connectivity index (χ2n) is 6.24. The van der Waals surface area contributed by atoms with E-state index in [1.165, 1.54) is 32.1 Å². The van der Waals surface area contributed by atoms with E-state index in [0.29, 0.717) is 11.5 Å². The zero-order valence-electron chi connectivity index (χ0n) is 12.5. The quantitative estimate of drug-likeness (QED) is 0.664. The molecule has 18 heavy (non-hydrogen) atoms.